The Hall–Kier alpha value is -1.37. The molecule has 1 rings (SSSR count). The van der Waals surface area contributed by atoms with E-state index in [4.69, 9.17) is 9.47 Å². The van der Waals surface area contributed by atoms with Gasteiger partial charge in [0, 0.05) is 11.5 Å². The van der Waals surface area contributed by atoms with Crippen LogP contribution in [-0.4, -0.2) is 53.9 Å². The molecule has 17 heavy (non-hydrogen) atoms. The van der Waals surface area contributed by atoms with Gasteiger partial charge in [0.05, 0.1) is 13.2 Å². The van der Waals surface area contributed by atoms with E-state index in [0.717, 1.165) is 0 Å². The predicted molar refractivity (Wildman–Crippen MR) is 59.4 cm³/mol. The average Bonchev–Trinajstić information content (AvgIpc) is 2.14. The molecule has 0 aromatic rings. The molecule has 0 aliphatic carbocycles. The third-order valence-electron chi connectivity index (χ3n) is 2.22. The minimum atomic E-state index is -0.603. The summed E-state index contributed by atoms with van der Waals surface area (Å²) >= 11 is 0. The Kier molecular flexibility index (Phi) is 4.28. The summed E-state index contributed by atoms with van der Waals surface area (Å²) in [6.45, 7) is 5.84. The number of hydrogen-bond acceptors (Lipinski definition) is 5. The van der Waals surface area contributed by atoms with Gasteiger partial charge >= 0.3 is 6.09 Å². The maximum Gasteiger partial charge on any atom is 0.410 e. The van der Waals surface area contributed by atoms with Crippen LogP contribution in [0.2, 0.25) is 0 Å². The van der Waals surface area contributed by atoms with Crippen LogP contribution >= 0.6 is 0 Å². The Morgan fingerprint density at radius 2 is 2.24 bits per heavy atom. The van der Waals surface area contributed by atoms with E-state index in [-0.39, 0.29) is 13.2 Å². The van der Waals surface area contributed by atoms with Crippen LogP contribution in [0.1, 0.15) is 20.8 Å². The molecule has 0 bridgehead atoms. The molecular weight excluding hydrogens is 228 g/mol. The minimum Gasteiger partial charge on any atom is -0.444 e. The summed E-state index contributed by atoms with van der Waals surface area (Å²) in [6.07, 6.45) is -0.521. The van der Waals surface area contributed by atoms with Crippen LogP contribution in [0.4, 0.5) is 4.79 Å². The zero-order chi connectivity index (χ0) is 13.1. The number of hydrogen-bond donors (Lipinski definition) is 0. The van der Waals surface area contributed by atoms with E-state index in [0.29, 0.717) is 13.2 Å². The van der Waals surface area contributed by atoms with E-state index in [9.17, 15) is 14.9 Å². The van der Waals surface area contributed by atoms with Crippen LogP contribution in [-0.2, 0) is 9.47 Å². The second kappa shape index (κ2) is 5.31. The Balaban J connectivity index is 2.64. The van der Waals surface area contributed by atoms with Crippen LogP contribution in [0.5, 0.6) is 0 Å². The summed E-state index contributed by atoms with van der Waals surface area (Å²) in [5.74, 6) is 0. The number of ether oxygens (including phenoxy) is 2. The molecule has 1 unspecified atom stereocenters. The third-order valence-corrected chi connectivity index (χ3v) is 2.22. The highest BCUT2D eigenvalue weighted by atomic mass is 16.6. The number of carbonyl (C=O) groups excluding carboxylic acids is 1. The monoisotopic (exact) mass is 246 g/mol. The molecule has 98 valence electrons. The second-order valence-electron chi connectivity index (χ2n) is 4.92. The summed E-state index contributed by atoms with van der Waals surface area (Å²) in [5.41, 5.74) is -0.603. The first-order valence-electron chi connectivity index (χ1n) is 5.49. The van der Waals surface area contributed by atoms with Gasteiger partial charge in [0.1, 0.15) is 11.6 Å². The molecule has 1 aliphatic heterocycles. The molecule has 0 radical (unpaired) electrons. The van der Waals surface area contributed by atoms with Crippen molar-refractivity contribution in [3.05, 3.63) is 10.1 Å². The molecule has 1 atom stereocenters. The van der Waals surface area contributed by atoms with Gasteiger partial charge in [0.25, 0.3) is 0 Å². The smallest absolute Gasteiger partial charge is 0.410 e. The third kappa shape index (κ3) is 4.56. The van der Waals surface area contributed by atoms with Crippen LogP contribution in [0, 0.1) is 10.1 Å². The van der Waals surface area contributed by atoms with Gasteiger partial charge in [-0.05, 0) is 20.8 Å². The van der Waals surface area contributed by atoms with Crippen LogP contribution in [0.15, 0.2) is 0 Å². The van der Waals surface area contributed by atoms with Crippen molar-refractivity contribution in [2.75, 3.05) is 26.3 Å². The van der Waals surface area contributed by atoms with Gasteiger partial charge in [-0.3, -0.25) is 15.0 Å². The van der Waals surface area contributed by atoms with Gasteiger partial charge in [-0.25, -0.2) is 4.79 Å². The first kappa shape index (κ1) is 13.7. The van der Waals surface area contributed by atoms with Crippen molar-refractivity contribution < 1.29 is 19.2 Å². The van der Waals surface area contributed by atoms with E-state index in [1.54, 1.807) is 20.8 Å². The highest BCUT2D eigenvalue weighted by Gasteiger charge is 2.33. The molecule has 0 saturated carbocycles. The number of rotatable bonds is 2. The van der Waals surface area contributed by atoms with Crippen molar-refractivity contribution in [1.82, 2.24) is 4.90 Å². The number of nitrogens with zero attached hydrogens (tertiary/aromatic N) is 2. The number of carbonyl (C=O) groups is 1. The molecule has 1 heterocycles. The molecular formula is C10H18N2O5. The van der Waals surface area contributed by atoms with Crippen molar-refractivity contribution in [3.8, 4) is 0 Å². The van der Waals surface area contributed by atoms with E-state index >= 15 is 0 Å². The first-order chi connectivity index (χ1) is 7.79. The number of nitro groups is 1. The van der Waals surface area contributed by atoms with E-state index in [1.165, 1.54) is 4.90 Å². The Morgan fingerprint density at radius 3 is 2.76 bits per heavy atom. The standard InChI is InChI=1S/C10H18N2O5/c1-10(2,3)17-9(13)11-4-5-16-7-8(11)6-12(14)15/h8H,4-7H2,1-3H3. The molecule has 0 aromatic carbocycles. The van der Waals surface area contributed by atoms with Crippen LogP contribution in [0.25, 0.3) is 0 Å². The lowest BCUT2D eigenvalue weighted by Gasteiger charge is -2.34. The normalized spacial score (nSPS) is 21.1. The Labute approximate surface area is 99.8 Å². The Morgan fingerprint density at radius 1 is 1.59 bits per heavy atom. The fourth-order valence-electron chi connectivity index (χ4n) is 1.54. The molecule has 0 spiro atoms. The summed E-state index contributed by atoms with van der Waals surface area (Å²) in [4.78, 5) is 23.2. The van der Waals surface area contributed by atoms with Crippen LogP contribution < -0.4 is 0 Å². The summed E-state index contributed by atoms with van der Waals surface area (Å²) < 4.78 is 10.3. The quantitative estimate of drug-likeness (QED) is 0.534. The molecule has 0 aromatic heterocycles. The maximum atomic E-state index is 11.8. The molecule has 1 saturated heterocycles. The molecule has 1 amide bonds. The zero-order valence-corrected chi connectivity index (χ0v) is 10.3. The van der Waals surface area contributed by atoms with E-state index in [1.807, 2.05) is 0 Å². The topological polar surface area (TPSA) is 81.9 Å². The molecule has 1 fully saturated rings. The van der Waals surface area contributed by atoms with E-state index < -0.39 is 22.7 Å². The van der Waals surface area contributed by atoms with Gasteiger partial charge in [0.2, 0.25) is 6.54 Å². The van der Waals surface area contributed by atoms with Crippen molar-refractivity contribution in [1.29, 1.82) is 0 Å². The number of amides is 1. The van der Waals surface area contributed by atoms with Gasteiger partial charge in [-0.1, -0.05) is 0 Å². The van der Waals surface area contributed by atoms with Gasteiger partial charge < -0.3 is 9.47 Å². The van der Waals surface area contributed by atoms with Crippen molar-refractivity contribution in [3.63, 3.8) is 0 Å². The lowest BCUT2D eigenvalue weighted by molar-refractivity contribution is -0.487. The lowest BCUT2D eigenvalue weighted by Crippen LogP contribution is -2.53. The minimum absolute atomic E-state index is 0.181. The van der Waals surface area contributed by atoms with Gasteiger partial charge in [-0.15, -0.1) is 0 Å². The van der Waals surface area contributed by atoms with Crippen molar-refractivity contribution in [2.45, 2.75) is 32.4 Å². The van der Waals surface area contributed by atoms with Gasteiger partial charge in [-0.2, -0.15) is 0 Å². The van der Waals surface area contributed by atoms with E-state index in [2.05, 4.69) is 0 Å². The fourth-order valence-corrected chi connectivity index (χ4v) is 1.54. The first-order valence-corrected chi connectivity index (χ1v) is 5.49. The maximum absolute atomic E-state index is 11.8. The Bertz CT molecular complexity index is 300. The predicted octanol–water partition coefficient (Wildman–Crippen LogP) is 0.899. The molecule has 1 aliphatic rings. The highest BCUT2D eigenvalue weighted by Crippen LogP contribution is 2.14. The average molecular weight is 246 g/mol. The SMILES string of the molecule is CC(C)(C)OC(=O)N1CCOCC1C[N+](=O)[O-]. The molecule has 7 heteroatoms. The molecule has 7 nitrogen and oxygen atoms in total. The van der Waals surface area contributed by atoms with Crippen LogP contribution in [0.3, 0.4) is 0 Å². The van der Waals surface area contributed by atoms with Crippen molar-refractivity contribution in [2.24, 2.45) is 0 Å². The van der Waals surface area contributed by atoms with Gasteiger partial charge in [0.15, 0.2) is 0 Å². The largest absolute Gasteiger partial charge is 0.444 e. The summed E-state index contributed by atoms with van der Waals surface area (Å²) in [6, 6.07) is -0.548. The second-order valence-corrected chi connectivity index (χ2v) is 4.92. The summed E-state index contributed by atoms with van der Waals surface area (Å²) in [7, 11) is 0. The number of morpholine rings is 1. The van der Waals surface area contributed by atoms with Crippen molar-refractivity contribution >= 4 is 6.09 Å². The lowest BCUT2D eigenvalue weighted by atomic mass is 10.2. The highest BCUT2D eigenvalue weighted by molar-refractivity contribution is 5.68. The summed E-state index contributed by atoms with van der Waals surface area (Å²) in [5, 5.41) is 10.5. The fraction of sp³-hybridized carbons (Fsp3) is 0.900. The zero-order valence-electron chi connectivity index (χ0n) is 10.3. The molecule has 0 N–H and O–H groups in total.